The fraction of sp³-hybridized carbons (Fsp3) is 0.625. The molecule has 0 spiro atoms. The molecular weight excluding hydrogens is 286 g/mol. The van der Waals surface area contributed by atoms with Gasteiger partial charge in [-0.1, -0.05) is 46.2 Å². The lowest BCUT2D eigenvalue weighted by Crippen LogP contribution is -2.40. The maximum atomic E-state index is 12.2. The van der Waals surface area contributed by atoms with Gasteiger partial charge in [-0.05, 0) is 36.5 Å². The zero-order chi connectivity index (χ0) is 16.3. The van der Waals surface area contributed by atoms with Gasteiger partial charge in [0.15, 0.2) is 0 Å². The molecule has 0 aliphatic carbocycles. The quantitative estimate of drug-likeness (QED) is 0.848. The number of hydrogen-bond acceptors (Lipinski definition) is 3. The van der Waals surface area contributed by atoms with E-state index in [2.05, 4.69) is 25.5 Å². The molecule has 1 aromatic carbocycles. The molecule has 0 amide bonds. The van der Waals surface area contributed by atoms with E-state index in [9.17, 15) is 13.5 Å². The Balaban J connectivity index is 2.84. The molecule has 4 nitrogen and oxygen atoms in total. The van der Waals surface area contributed by atoms with Crippen LogP contribution in [0.3, 0.4) is 0 Å². The molecule has 21 heavy (non-hydrogen) atoms. The van der Waals surface area contributed by atoms with E-state index in [0.29, 0.717) is 6.42 Å². The van der Waals surface area contributed by atoms with E-state index in [-0.39, 0.29) is 16.9 Å². The molecule has 1 aromatic rings. The van der Waals surface area contributed by atoms with E-state index in [1.165, 1.54) is 0 Å². The fourth-order valence-corrected chi connectivity index (χ4v) is 3.26. The first-order valence-corrected chi connectivity index (χ1v) is 8.79. The molecule has 2 N–H and O–H groups in total. The number of benzene rings is 1. The summed E-state index contributed by atoms with van der Waals surface area (Å²) in [4.78, 5) is 0.225. The summed E-state index contributed by atoms with van der Waals surface area (Å²) in [6.07, 6.45) is 1.35. The van der Waals surface area contributed by atoms with Crippen LogP contribution in [-0.4, -0.2) is 25.7 Å². The molecule has 0 saturated carbocycles. The lowest BCUT2D eigenvalue weighted by atomic mass is 9.87. The van der Waals surface area contributed by atoms with Crippen LogP contribution >= 0.6 is 0 Å². The minimum Gasteiger partial charge on any atom is -0.389 e. The molecule has 0 aromatic heterocycles. The number of rotatable bonds is 6. The van der Waals surface area contributed by atoms with Crippen molar-refractivity contribution in [2.45, 2.75) is 63.4 Å². The Labute approximate surface area is 128 Å². The van der Waals surface area contributed by atoms with E-state index < -0.39 is 15.6 Å². The monoisotopic (exact) mass is 313 g/mol. The van der Waals surface area contributed by atoms with Crippen LogP contribution in [0.15, 0.2) is 29.2 Å². The first-order valence-electron chi connectivity index (χ1n) is 7.30. The van der Waals surface area contributed by atoms with Gasteiger partial charge in [-0.3, -0.25) is 0 Å². The largest absolute Gasteiger partial charge is 0.389 e. The highest BCUT2D eigenvalue weighted by atomic mass is 32.2. The summed E-state index contributed by atoms with van der Waals surface area (Å²) in [5, 5.41) is 10.0. The molecule has 0 bridgehead atoms. The molecule has 0 aliphatic rings. The number of hydrogen-bond donors (Lipinski definition) is 2. The van der Waals surface area contributed by atoms with Crippen molar-refractivity contribution in [3.05, 3.63) is 29.8 Å². The van der Waals surface area contributed by atoms with Gasteiger partial charge in [0.05, 0.1) is 10.5 Å². The fourth-order valence-electron chi connectivity index (χ4n) is 2.09. The van der Waals surface area contributed by atoms with E-state index >= 15 is 0 Å². The molecule has 1 atom stereocenters. The molecule has 1 unspecified atom stereocenters. The summed E-state index contributed by atoms with van der Waals surface area (Å²) in [5.41, 5.74) is 0.0488. The number of aliphatic hydroxyl groups is 1. The van der Waals surface area contributed by atoms with Gasteiger partial charge < -0.3 is 5.11 Å². The normalized spacial score (nSPS) is 15.7. The van der Waals surface area contributed by atoms with Crippen molar-refractivity contribution < 1.29 is 13.5 Å². The third-order valence-corrected chi connectivity index (χ3v) is 4.88. The zero-order valence-electron chi connectivity index (χ0n) is 13.6. The highest BCUT2D eigenvalue weighted by Gasteiger charge is 2.23. The summed E-state index contributed by atoms with van der Waals surface area (Å²) in [6, 6.07) is 6.88. The number of sulfonamides is 1. The van der Waals surface area contributed by atoms with E-state index in [4.69, 9.17) is 0 Å². The van der Waals surface area contributed by atoms with Gasteiger partial charge in [-0.25, -0.2) is 13.1 Å². The molecular formula is C16H27NO3S. The van der Waals surface area contributed by atoms with E-state index in [1.54, 1.807) is 19.1 Å². The Hall–Kier alpha value is -0.910. The van der Waals surface area contributed by atoms with Crippen LogP contribution in [0, 0.1) is 0 Å². The molecule has 0 fully saturated rings. The number of nitrogens with one attached hydrogen (secondary N) is 1. The topological polar surface area (TPSA) is 66.4 Å². The molecule has 0 aliphatic heterocycles. The van der Waals surface area contributed by atoms with E-state index in [1.807, 2.05) is 19.1 Å². The molecule has 5 heteroatoms. The summed E-state index contributed by atoms with van der Waals surface area (Å²) in [7, 11) is -3.58. The first kappa shape index (κ1) is 18.1. The Bertz CT molecular complexity index is 554. The van der Waals surface area contributed by atoms with Crippen LogP contribution in [0.25, 0.3) is 0 Å². The van der Waals surface area contributed by atoms with Crippen molar-refractivity contribution in [3.8, 4) is 0 Å². The summed E-state index contributed by atoms with van der Waals surface area (Å²) >= 11 is 0. The molecule has 0 saturated heterocycles. The lowest BCUT2D eigenvalue weighted by molar-refractivity contribution is 0.0554. The van der Waals surface area contributed by atoms with Crippen LogP contribution in [0.2, 0.25) is 0 Å². The Morgan fingerprint density at radius 3 is 2.05 bits per heavy atom. The average Bonchev–Trinajstić information content (AvgIpc) is 2.36. The van der Waals surface area contributed by atoms with Gasteiger partial charge in [0.25, 0.3) is 0 Å². The van der Waals surface area contributed by atoms with Gasteiger partial charge >= 0.3 is 0 Å². The van der Waals surface area contributed by atoms with E-state index in [0.717, 1.165) is 12.0 Å². The van der Waals surface area contributed by atoms with Crippen molar-refractivity contribution in [2.24, 2.45) is 0 Å². The van der Waals surface area contributed by atoms with Crippen LogP contribution in [0.4, 0.5) is 0 Å². The maximum Gasteiger partial charge on any atom is 0.240 e. The Morgan fingerprint density at radius 2 is 1.62 bits per heavy atom. The minimum atomic E-state index is -3.58. The first-order chi connectivity index (χ1) is 9.48. The van der Waals surface area contributed by atoms with Gasteiger partial charge in [-0.15, -0.1) is 0 Å². The zero-order valence-corrected chi connectivity index (χ0v) is 14.4. The van der Waals surface area contributed by atoms with Gasteiger partial charge in [0, 0.05) is 6.54 Å². The highest BCUT2D eigenvalue weighted by molar-refractivity contribution is 7.89. The molecule has 1 rings (SSSR count). The van der Waals surface area contributed by atoms with Crippen LogP contribution in [0.1, 0.15) is 53.0 Å². The van der Waals surface area contributed by atoms with Gasteiger partial charge in [0.2, 0.25) is 10.0 Å². The van der Waals surface area contributed by atoms with Crippen molar-refractivity contribution in [1.29, 1.82) is 0 Å². The molecule has 120 valence electrons. The van der Waals surface area contributed by atoms with Crippen molar-refractivity contribution in [3.63, 3.8) is 0 Å². The predicted molar refractivity (Wildman–Crippen MR) is 85.9 cm³/mol. The minimum absolute atomic E-state index is 0.0134. The summed E-state index contributed by atoms with van der Waals surface area (Å²) < 4.78 is 26.9. The maximum absolute atomic E-state index is 12.2. The van der Waals surface area contributed by atoms with Crippen molar-refractivity contribution in [1.82, 2.24) is 4.72 Å². The second-order valence-electron chi connectivity index (χ2n) is 6.85. The third kappa shape index (κ3) is 5.41. The standard InChI is InChI=1S/C16H27NO3S/c1-6-11-16(5,18)12-17-21(19,20)14-9-7-13(8-10-14)15(2,3)4/h7-10,17-18H,6,11-12H2,1-5H3. The van der Waals surface area contributed by atoms with Crippen LogP contribution < -0.4 is 4.72 Å². The Kier molecular flexibility index (Phi) is 5.58. The van der Waals surface area contributed by atoms with Crippen molar-refractivity contribution in [2.75, 3.05) is 6.54 Å². The molecule has 0 heterocycles. The summed E-state index contributed by atoms with van der Waals surface area (Å²) in [6.45, 7) is 9.85. The third-order valence-electron chi connectivity index (χ3n) is 3.46. The highest BCUT2D eigenvalue weighted by Crippen LogP contribution is 2.23. The second kappa shape index (κ2) is 6.46. The predicted octanol–water partition coefficient (Wildman–Crippen LogP) is 2.81. The molecule has 0 radical (unpaired) electrons. The van der Waals surface area contributed by atoms with Gasteiger partial charge in [0.1, 0.15) is 0 Å². The van der Waals surface area contributed by atoms with Crippen LogP contribution in [0.5, 0.6) is 0 Å². The summed E-state index contributed by atoms with van der Waals surface area (Å²) in [5.74, 6) is 0. The van der Waals surface area contributed by atoms with Gasteiger partial charge in [-0.2, -0.15) is 0 Å². The smallest absolute Gasteiger partial charge is 0.240 e. The van der Waals surface area contributed by atoms with Crippen molar-refractivity contribution >= 4 is 10.0 Å². The second-order valence-corrected chi connectivity index (χ2v) is 8.61. The SMILES string of the molecule is CCCC(C)(O)CNS(=O)(=O)c1ccc(C(C)(C)C)cc1. The van der Waals surface area contributed by atoms with Crippen LogP contribution in [-0.2, 0) is 15.4 Å². The Morgan fingerprint density at radius 1 is 1.10 bits per heavy atom. The average molecular weight is 313 g/mol. The lowest BCUT2D eigenvalue weighted by Gasteiger charge is -2.23.